The molecule has 1 aromatic rings. The van der Waals surface area contributed by atoms with E-state index in [1.807, 2.05) is 12.1 Å². The van der Waals surface area contributed by atoms with Crippen molar-refractivity contribution in [2.75, 3.05) is 31.2 Å². The van der Waals surface area contributed by atoms with Crippen molar-refractivity contribution in [1.29, 1.82) is 0 Å². The number of nitrogens with zero attached hydrogens (tertiary/aromatic N) is 1. The van der Waals surface area contributed by atoms with Gasteiger partial charge in [0, 0.05) is 18.8 Å². The third kappa shape index (κ3) is 2.36. The smallest absolute Gasteiger partial charge is 0.338 e. The first-order valence-corrected chi connectivity index (χ1v) is 8.60. The van der Waals surface area contributed by atoms with E-state index >= 15 is 0 Å². The molecule has 2 heterocycles. The molecule has 2 aliphatic carbocycles. The van der Waals surface area contributed by atoms with Crippen LogP contribution >= 0.6 is 0 Å². The Balaban J connectivity index is 1.24. The van der Waals surface area contributed by atoms with Crippen LogP contribution in [0.15, 0.2) is 36.4 Å². The Kier molecular flexibility index (Phi) is 3.02. The molecule has 0 radical (unpaired) electrons. The molecule has 2 aliphatic heterocycles. The maximum Gasteiger partial charge on any atom is 0.338 e. The van der Waals surface area contributed by atoms with Gasteiger partial charge in [-0.1, -0.05) is 12.2 Å². The zero-order chi connectivity index (χ0) is 15.4. The van der Waals surface area contributed by atoms with Gasteiger partial charge in [0.1, 0.15) is 12.7 Å². The van der Waals surface area contributed by atoms with Crippen LogP contribution in [0.3, 0.4) is 0 Å². The number of anilines is 1. The molecule has 4 heteroatoms. The Morgan fingerprint density at radius 1 is 1.13 bits per heavy atom. The highest BCUT2D eigenvalue weighted by atomic mass is 16.6. The molecule has 23 heavy (non-hydrogen) atoms. The van der Waals surface area contributed by atoms with Crippen molar-refractivity contribution in [1.82, 2.24) is 0 Å². The molecule has 120 valence electrons. The Hall–Kier alpha value is -1.81. The molecule has 0 spiro atoms. The fraction of sp³-hybridized carbons (Fsp3) is 0.526. The molecule has 4 nitrogen and oxygen atoms in total. The molecular formula is C19H21NO3. The standard InChI is InChI=1S/C19H21NO3/c21-19(23-11-16-10-22-16)12-3-5-15(6-4-12)20-8-17-13-1-2-14(7-13)18(17)9-20/h1-6,13-14,16-18H,7-11H2. The SMILES string of the molecule is O=C(OCC1CO1)c1ccc(N2CC3C4C=CC(C4)C3C2)cc1. The summed E-state index contributed by atoms with van der Waals surface area (Å²) in [6.45, 7) is 3.38. The molecule has 2 saturated heterocycles. The van der Waals surface area contributed by atoms with E-state index in [1.54, 1.807) is 0 Å². The summed E-state index contributed by atoms with van der Waals surface area (Å²) in [6, 6.07) is 7.87. The molecule has 5 rings (SSSR count). The lowest BCUT2D eigenvalue weighted by Crippen LogP contribution is -2.22. The molecule has 1 saturated carbocycles. The maximum atomic E-state index is 12.0. The van der Waals surface area contributed by atoms with E-state index in [0.717, 1.165) is 36.8 Å². The molecule has 4 aliphatic rings. The highest BCUT2D eigenvalue weighted by molar-refractivity contribution is 5.89. The number of allylic oxidation sites excluding steroid dienone is 2. The van der Waals surface area contributed by atoms with Crippen LogP contribution in [-0.4, -0.2) is 38.4 Å². The van der Waals surface area contributed by atoms with Crippen LogP contribution in [0, 0.1) is 23.7 Å². The minimum atomic E-state index is -0.257. The predicted octanol–water partition coefficient (Wildman–Crippen LogP) is 2.50. The normalized spacial score (nSPS) is 36.3. The van der Waals surface area contributed by atoms with Crippen molar-refractivity contribution in [2.45, 2.75) is 12.5 Å². The summed E-state index contributed by atoms with van der Waals surface area (Å²) < 4.78 is 10.3. The zero-order valence-corrected chi connectivity index (χ0v) is 13.1. The second-order valence-electron chi connectivity index (χ2n) is 7.28. The van der Waals surface area contributed by atoms with Crippen LogP contribution in [0.1, 0.15) is 16.8 Å². The molecule has 5 unspecified atom stereocenters. The van der Waals surface area contributed by atoms with Crippen LogP contribution in [0.2, 0.25) is 0 Å². The van der Waals surface area contributed by atoms with Gasteiger partial charge in [-0.3, -0.25) is 0 Å². The number of benzene rings is 1. The van der Waals surface area contributed by atoms with Crippen LogP contribution < -0.4 is 4.90 Å². The van der Waals surface area contributed by atoms with E-state index < -0.39 is 0 Å². The zero-order valence-electron chi connectivity index (χ0n) is 13.1. The molecule has 0 aromatic heterocycles. The second kappa shape index (κ2) is 5.10. The number of ether oxygens (including phenoxy) is 2. The van der Waals surface area contributed by atoms with Crippen molar-refractivity contribution in [3.63, 3.8) is 0 Å². The summed E-state index contributed by atoms with van der Waals surface area (Å²) in [5.41, 5.74) is 1.84. The minimum Gasteiger partial charge on any atom is -0.459 e. The summed E-state index contributed by atoms with van der Waals surface area (Å²) in [5.74, 6) is 3.00. The second-order valence-corrected chi connectivity index (χ2v) is 7.28. The molecular weight excluding hydrogens is 290 g/mol. The predicted molar refractivity (Wildman–Crippen MR) is 86.4 cm³/mol. The molecule has 2 bridgehead atoms. The first kappa shape index (κ1) is 13.6. The van der Waals surface area contributed by atoms with E-state index in [-0.39, 0.29) is 12.1 Å². The lowest BCUT2D eigenvalue weighted by molar-refractivity contribution is 0.0476. The van der Waals surface area contributed by atoms with Gasteiger partial charge in [0.2, 0.25) is 0 Å². The summed E-state index contributed by atoms with van der Waals surface area (Å²) in [4.78, 5) is 14.4. The molecule has 5 atom stereocenters. The summed E-state index contributed by atoms with van der Waals surface area (Å²) >= 11 is 0. The van der Waals surface area contributed by atoms with Crippen molar-refractivity contribution >= 4 is 11.7 Å². The maximum absolute atomic E-state index is 12.0. The largest absolute Gasteiger partial charge is 0.459 e. The molecule has 3 fully saturated rings. The topological polar surface area (TPSA) is 42.1 Å². The Bertz CT molecular complexity index is 629. The Morgan fingerprint density at radius 2 is 1.78 bits per heavy atom. The van der Waals surface area contributed by atoms with Gasteiger partial charge in [-0.15, -0.1) is 0 Å². The monoisotopic (exact) mass is 311 g/mol. The van der Waals surface area contributed by atoms with Crippen LogP contribution in [0.5, 0.6) is 0 Å². The summed E-state index contributed by atoms with van der Waals surface area (Å²) in [5, 5.41) is 0. The number of rotatable bonds is 4. The minimum absolute atomic E-state index is 0.117. The van der Waals surface area contributed by atoms with Crippen molar-refractivity contribution in [3.8, 4) is 0 Å². The summed E-state index contributed by atoms with van der Waals surface area (Å²) in [7, 11) is 0. The van der Waals surface area contributed by atoms with Crippen molar-refractivity contribution in [2.24, 2.45) is 23.7 Å². The third-order valence-corrected chi connectivity index (χ3v) is 5.93. The van der Waals surface area contributed by atoms with Crippen LogP contribution in [0.25, 0.3) is 0 Å². The first-order chi connectivity index (χ1) is 11.3. The number of epoxide rings is 1. The van der Waals surface area contributed by atoms with Gasteiger partial charge in [-0.2, -0.15) is 0 Å². The highest BCUT2D eigenvalue weighted by Gasteiger charge is 2.49. The van der Waals surface area contributed by atoms with Crippen molar-refractivity contribution in [3.05, 3.63) is 42.0 Å². The number of esters is 1. The fourth-order valence-corrected chi connectivity index (χ4v) is 4.59. The van der Waals surface area contributed by atoms with Gasteiger partial charge < -0.3 is 14.4 Å². The number of carbonyl (C=O) groups excluding carboxylic acids is 1. The van der Waals surface area contributed by atoms with E-state index in [1.165, 1.54) is 12.1 Å². The lowest BCUT2D eigenvalue weighted by atomic mass is 9.86. The molecule has 0 amide bonds. The van der Waals surface area contributed by atoms with Gasteiger partial charge in [0.15, 0.2) is 0 Å². The number of hydrogen-bond acceptors (Lipinski definition) is 4. The third-order valence-electron chi connectivity index (χ3n) is 5.93. The van der Waals surface area contributed by atoms with Gasteiger partial charge in [0.25, 0.3) is 0 Å². The quantitative estimate of drug-likeness (QED) is 0.487. The highest BCUT2D eigenvalue weighted by Crippen LogP contribution is 2.51. The van der Waals surface area contributed by atoms with E-state index in [0.29, 0.717) is 18.8 Å². The lowest BCUT2D eigenvalue weighted by Gasteiger charge is -2.21. The van der Waals surface area contributed by atoms with E-state index in [9.17, 15) is 4.79 Å². The van der Waals surface area contributed by atoms with Gasteiger partial charge in [0.05, 0.1) is 12.2 Å². The fourth-order valence-electron chi connectivity index (χ4n) is 4.59. The Morgan fingerprint density at radius 3 is 2.39 bits per heavy atom. The van der Waals surface area contributed by atoms with Crippen LogP contribution in [-0.2, 0) is 9.47 Å². The number of carbonyl (C=O) groups is 1. The van der Waals surface area contributed by atoms with Crippen molar-refractivity contribution < 1.29 is 14.3 Å². The first-order valence-electron chi connectivity index (χ1n) is 8.60. The van der Waals surface area contributed by atoms with Gasteiger partial charge in [-0.05, 0) is 54.4 Å². The number of hydrogen-bond donors (Lipinski definition) is 0. The summed E-state index contributed by atoms with van der Waals surface area (Å²) in [6.07, 6.45) is 6.35. The van der Waals surface area contributed by atoms with E-state index in [4.69, 9.17) is 9.47 Å². The Labute approximate surface area is 136 Å². The van der Waals surface area contributed by atoms with Gasteiger partial charge in [-0.25, -0.2) is 4.79 Å². The average Bonchev–Trinajstić information content (AvgIpc) is 3.00. The average molecular weight is 311 g/mol. The van der Waals surface area contributed by atoms with Gasteiger partial charge >= 0.3 is 5.97 Å². The number of fused-ring (bicyclic) bond motifs is 5. The molecule has 1 aromatic carbocycles. The molecule has 0 N–H and O–H groups in total. The van der Waals surface area contributed by atoms with Crippen LogP contribution in [0.4, 0.5) is 5.69 Å². The van der Waals surface area contributed by atoms with E-state index in [2.05, 4.69) is 29.2 Å².